The van der Waals surface area contributed by atoms with Crippen molar-refractivity contribution in [2.24, 2.45) is 5.92 Å². The number of piperidine rings is 1. The summed E-state index contributed by atoms with van der Waals surface area (Å²) >= 11 is 0. The molecule has 1 aliphatic carbocycles. The summed E-state index contributed by atoms with van der Waals surface area (Å²) in [5, 5.41) is 3.35. The first-order valence-corrected chi connectivity index (χ1v) is 7.49. The van der Waals surface area contributed by atoms with Crippen LogP contribution in [0.2, 0.25) is 0 Å². The Morgan fingerprint density at radius 1 is 1.16 bits per heavy atom. The van der Waals surface area contributed by atoms with E-state index >= 15 is 0 Å². The fraction of sp³-hybridized carbons (Fsp3) is 0.929. The van der Waals surface area contributed by atoms with Crippen LogP contribution in [-0.2, 0) is 9.53 Å². The molecule has 2 heterocycles. The van der Waals surface area contributed by atoms with E-state index in [0.29, 0.717) is 18.1 Å². The molecule has 0 bridgehead atoms. The standard InChI is InChI=1S/C14H24N2O2.ClH/c17-14(11-4-3-7-15-10-11)16-8-9-18-13-6-2-1-5-12(13)16;/h11-13,15H,1-10H2;1H. The van der Waals surface area contributed by atoms with E-state index < -0.39 is 0 Å². The number of amides is 1. The van der Waals surface area contributed by atoms with E-state index in [-0.39, 0.29) is 18.3 Å². The molecule has 1 amide bonds. The van der Waals surface area contributed by atoms with Crippen LogP contribution in [0.25, 0.3) is 0 Å². The number of nitrogens with one attached hydrogen (secondary N) is 1. The Morgan fingerprint density at radius 3 is 2.79 bits per heavy atom. The highest BCUT2D eigenvalue weighted by molar-refractivity contribution is 5.85. The lowest BCUT2D eigenvalue weighted by molar-refractivity contribution is -0.154. The Morgan fingerprint density at radius 2 is 2.00 bits per heavy atom. The second-order valence-electron chi connectivity index (χ2n) is 5.84. The molecular weight excluding hydrogens is 264 g/mol. The van der Waals surface area contributed by atoms with Gasteiger partial charge >= 0.3 is 0 Å². The van der Waals surface area contributed by atoms with Crippen molar-refractivity contribution in [3.8, 4) is 0 Å². The normalized spacial score (nSPS) is 35.2. The van der Waals surface area contributed by atoms with Crippen LogP contribution in [0.3, 0.4) is 0 Å². The second kappa shape index (κ2) is 6.91. The van der Waals surface area contributed by atoms with Crippen LogP contribution in [0.5, 0.6) is 0 Å². The molecule has 0 radical (unpaired) electrons. The molecule has 1 N–H and O–H groups in total. The van der Waals surface area contributed by atoms with Crippen LogP contribution in [-0.4, -0.2) is 49.2 Å². The summed E-state index contributed by atoms with van der Waals surface area (Å²) in [7, 11) is 0. The van der Waals surface area contributed by atoms with Gasteiger partial charge in [0.15, 0.2) is 0 Å². The summed E-state index contributed by atoms with van der Waals surface area (Å²) in [6.07, 6.45) is 7.28. The van der Waals surface area contributed by atoms with Crippen molar-refractivity contribution in [2.75, 3.05) is 26.2 Å². The smallest absolute Gasteiger partial charge is 0.227 e. The van der Waals surface area contributed by atoms with Gasteiger partial charge in [-0.15, -0.1) is 12.4 Å². The van der Waals surface area contributed by atoms with Gasteiger partial charge in [0.1, 0.15) is 0 Å². The highest BCUT2D eigenvalue weighted by Crippen LogP contribution is 2.30. The van der Waals surface area contributed by atoms with E-state index in [9.17, 15) is 4.79 Å². The summed E-state index contributed by atoms with van der Waals surface area (Å²) < 4.78 is 5.84. The molecule has 19 heavy (non-hydrogen) atoms. The molecule has 3 unspecified atom stereocenters. The average molecular weight is 289 g/mol. The first kappa shape index (κ1) is 15.1. The van der Waals surface area contributed by atoms with Crippen molar-refractivity contribution in [1.29, 1.82) is 0 Å². The van der Waals surface area contributed by atoms with Gasteiger partial charge in [-0.05, 0) is 32.2 Å². The Bertz CT molecular complexity index is 306. The van der Waals surface area contributed by atoms with Crippen LogP contribution in [0.1, 0.15) is 38.5 Å². The van der Waals surface area contributed by atoms with E-state index in [0.717, 1.165) is 51.9 Å². The molecule has 3 aliphatic rings. The minimum Gasteiger partial charge on any atom is -0.374 e. The van der Waals surface area contributed by atoms with E-state index in [1.165, 1.54) is 12.8 Å². The number of morpholine rings is 1. The Labute approximate surface area is 121 Å². The number of halogens is 1. The lowest BCUT2D eigenvalue weighted by atomic mass is 9.88. The molecule has 3 rings (SSSR count). The maximum Gasteiger partial charge on any atom is 0.227 e. The summed E-state index contributed by atoms with van der Waals surface area (Å²) in [6, 6.07) is 0.363. The monoisotopic (exact) mass is 288 g/mol. The summed E-state index contributed by atoms with van der Waals surface area (Å²) in [5.41, 5.74) is 0. The first-order valence-electron chi connectivity index (χ1n) is 7.49. The van der Waals surface area contributed by atoms with Gasteiger partial charge in [0.05, 0.1) is 24.7 Å². The fourth-order valence-corrected chi connectivity index (χ4v) is 3.67. The number of nitrogens with zero attached hydrogens (tertiary/aromatic N) is 1. The average Bonchev–Trinajstić information content (AvgIpc) is 2.47. The van der Waals surface area contributed by atoms with Crippen molar-refractivity contribution < 1.29 is 9.53 Å². The predicted molar refractivity (Wildman–Crippen MR) is 76.6 cm³/mol. The lowest BCUT2D eigenvalue weighted by Gasteiger charge is -2.45. The summed E-state index contributed by atoms with van der Waals surface area (Å²) in [5.74, 6) is 0.585. The highest BCUT2D eigenvalue weighted by Gasteiger charge is 2.38. The van der Waals surface area contributed by atoms with Crippen molar-refractivity contribution in [3.05, 3.63) is 0 Å². The van der Waals surface area contributed by atoms with Crippen molar-refractivity contribution in [1.82, 2.24) is 10.2 Å². The largest absolute Gasteiger partial charge is 0.374 e. The highest BCUT2D eigenvalue weighted by atomic mass is 35.5. The number of hydrogen-bond acceptors (Lipinski definition) is 3. The predicted octanol–water partition coefficient (Wildman–Crippen LogP) is 1.58. The molecular formula is C14H25ClN2O2. The molecule has 5 heteroatoms. The van der Waals surface area contributed by atoms with Crippen LogP contribution >= 0.6 is 12.4 Å². The van der Waals surface area contributed by atoms with Gasteiger partial charge in [0, 0.05) is 13.1 Å². The third-order valence-electron chi connectivity index (χ3n) is 4.66. The second-order valence-corrected chi connectivity index (χ2v) is 5.84. The zero-order valence-electron chi connectivity index (χ0n) is 11.5. The third kappa shape index (κ3) is 3.23. The maximum atomic E-state index is 12.6. The molecule has 2 aliphatic heterocycles. The zero-order chi connectivity index (χ0) is 12.4. The quantitative estimate of drug-likeness (QED) is 0.796. The van der Waals surface area contributed by atoms with Crippen LogP contribution in [0.15, 0.2) is 0 Å². The number of rotatable bonds is 1. The zero-order valence-corrected chi connectivity index (χ0v) is 12.3. The van der Waals surface area contributed by atoms with Crippen LogP contribution in [0.4, 0.5) is 0 Å². The van der Waals surface area contributed by atoms with Crippen molar-refractivity contribution >= 4 is 18.3 Å². The molecule has 1 saturated carbocycles. The van der Waals surface area contributed by atoms with E-state index in [4.69, 9.17) is 4.74 Å². The van der Waals surface area contributed by atoms with Crippen LogP contribution < -0.4 is 5.32 Å². The van der Waals surface area contributed by atoms with Gasteiger partial charge in [0.2, 0.25) is 5.91 Å². The van der Waals surface area contributed by atoms with Gasteiger partial charge in [-0.1, -0.05) is 12.8 Å². The van der Waals surface area contributed by atoms with Gasteiger partial charge in [-0.25, -0.2) is 0 Å². The third-order valence-corrected chi connectivity index (χ3v) is 4.66. The molecule has 0 spiro atoms. The molecule has 3 atom stereocenters. The number of ether oxygens (including phenoxy) is 1. The molecule has 0 aromatic rings. The molecule has 3 fully saturated rings. The van der Waals surface area contributed by atoms with Gasteiger partial charge in [-0.2, -0.15) is 0 Å². The molecule has 0 aromatic carbocycles. The van der Waals surface area contributed by atoms with Crippen LogP contribution in [0, 0.1) is 5.92 Å². The van der Waals surface area contributed by atoms with Crippen molar-refractivity contribution in [3.63, 3.8) is 0 Å². The minimum absolute atomic E-state index is 0. The lowest BCUT2D eigenvalue weighted by Crippen LogP contribution is -2.57. The molecule has 110 valence electrons. The molecule has 4 nitrogen and oxygen atoms in total. The molecule has 2 saturated heterocycles. The Kier molecular flexibility index (Phi) is 5.48. The topological polar surface area (TPSA) is 41.6 Å². The number of carbonyl (C=O) groups is 1. The van der Waals surface area contributed by atoms with E-state index in [1.807, 2.05) is 0 Å². The number of hydrogen-bond donors (Lipinski definition) is 1. The SMILES string of the molecule is Cl.O=C(C1CCCNC1)N1CCOC2CCCCC21. The first-order chi connectivity index (χ1) is 8.86. The summed E-state index contributed by atoms with van der Waals surface area (Å²) in [4.78, 5) is 14.8. The van der Waals surface area contributed by atoms with Gasteiger partial charge in [-0.3, -0.25) is 4.79 Å². The van der Waals surface area contributed by atoms with E-state index in [1.54, 1.807) is 0 Å². The molecule has 0 aromatic heterocycles. The van der Waals surface area contributed by atoms with Gasteiger partial charge in [0.25, 0.3) is 0 Å². The Balaban J connectivity index is 0.00000133. The van der Waals surface area contributed by atoms with E-state index in [2.05, 4.69) is 10.2 Å². The Hall–Kier alpha value is -0.320. The minimum atomic E-state index is 0. The summed E-state index contributed by atoms with van der Waals surface area (Å²) in [6.45, 7) is 3.47. The number of fused-ring (bicyclic) bond motifs is 1. The van der Waals surface area contributed by atoms with Crippen molar-refractivity contribution in [2.45, 2.75) is 50.7 Å². The maximum absolute atomic E-state index is 12.6. The number of carbonyl (C=O) groups excluding carboxylic acids is 1. The fourth-order valence-electron chi connectivity index (χ4n) is 3.67. The van der Waals surface area contributed by atoms with Gasteiger partial charge < -0.3 is 15.0 Å².